The summed E-state index contributed by atoms with van der Waals surface area (Å²) in [7, 11) is 0. The predicted octanol–water partition coefficient (Wildman–Crippen LogP) is 3.37. The number of aryl methyl sites for hydroxylation is 1. The molecule has 0 spiro atoms. The summed E-state index contributed by atoms with van der Waals surface area (Å²) in [4.78, 5) is 0. The average molecular weight is 174 g/mol. The van der Waals surface area contributed by atoms with E-state index in [1.54, 1.807) is 11.1 Å². The van der Waals surface area contributed by atoms with Crippen molar-refractivity contribution in [3.8, 4) is 0 Å². The average Bonchev–Trinajstić information content (AvgIpc) is 2.09. The molecule has 1 unspecified atom stereocenters. The molecule has 0 bridgehead atoms. The SMILES string of the molecule is Cc1cccc2c1C[C@@H](C)C(C)C2. The minimum atomic E-state index is 0.855. The number of hydrogen-bond acceptors (Lipinski definition) is 0. The minimum absolute atomic E-state index is 0.855. The van der Waals surface area contributed by atoms with Gasteiger partial charge in [-0.2, -0.15) is 0 Å². The molecule has 1 aromatic rings. The van der Waals surface area contributed by atoms with Crippen LogP contribution in [0.25, 0.3) is 0 Å². The molecule has 0 heteroatoms. The fourth-order valence-corrected chi connectivity index (χ4v) is 2.32. The van der Waals surface area contributed by atoms with Crippen LogP contribution in [0.5, 0.6) is 0 Å². The molecule has 0 aromatic heterocycles. The van der Waals surface area contributed by atoms with Gasteiger partial charge in [0.15, 0.2) is 0 Å². The van der Waals surface area contributed by atoms with Crippen LogP contribution in [0.1, 0.15) is 30.5 Å². The molecule has 1 aliphatic carbocycles. The Morgan fingerprint density at radius 3 is 2.54 bits per heavy atom. The maximum absolute atomic E-state index is 2.38. The highest BCUT2D eigenvalue weighted by Gasteiger charge is 2.22. The Morgan fingerprint density at radius 1 is 1.08 bits per heavy atom. The first-order valence-corrected chi connectivity index (χ1v) is 5.26. The number of benzene rings is 1. The normalized spacial score (nSPS) is 27.0. The van der Waals surface area contributed by atoms with Crippen molar-refractivity contribution in [3.05, 3.63) is 34.9 Å². The largest absolute Gasteiger partial charge is 0.0619 e. The lowest BCUT2D eigenvalue weighted by molar-refractivity contribution is 0.360. The highest BCUT2D eigenvalue weighted by Crippen LogP contribution is 2.31. The van der Waals surface area contributed by atoms with Gasteiger partial charge in [-0.25, -0.2) is 0 Å². The molecule has 13 heavy (non-hydrogen) atoms. The van der Waals surface area contributed by atoms with Crippen LogP contribution >= 0.6 is 0 Å². The minimum Gasteiger partial charge on any atom is -0.0619 e. The van der Waals surface area contributed by atoms with Gasteiger partial charge in [0.05, 0.1) is 0 Å². The highest BCUT2D eigenvalue weighted by molar-refractivity contribution is 5.36. The molecule has 0 fully saturated rings. The summed E-state index contributed by atoms with van der Waals surface area (Å²) in [6.07, 6.45) is 2.56. The lowest BCUT2D eigenvalue weighted by atomic mass is 9.76. The zero-order chi connectivity index (χ0) is 9.42. The third-order valence-corrected chi connectivity index (χ3v) is 3.55. The molecule has 0 radical (unpaired) electrons. The first-order chi connectivity index (χ1) is 6.18. The summed E-state index contributed by atoms with van der Waals surface area (Å²) in [6, 6.07) is 6.73. The van der Waals surface area contributed by atoms with Crippen molar-refractivity contribution >= 4 is 0 Å². The van der Waals surface area contributed by atoms with Crippen LogP contribution in [0.2, 0.25) is 0 Å². The molecule has 1 aliphatic rings. The Morgan fingerprint density at radius 2 is 1.77 bits per heavy atom. The van der Waals surface area contributed by atoms with Gasteiger partial charge in [0.2, 0.25) is 0 Å². The zero-order valence-corrected chi connectivity index (χ0v) is 8.80. The van der Waals surface area contributed by atoms with Crippen LogP contribution in [0.15, 0.2) is 18.2 Å². The summed E-state index contributed by atoms with van der Waals surface area (Å²) >= 11 is 0. The zero-order valence-electron chi connectivity index (χ0n) is 8.80. The van der Waals surface area contributed by atoms with Crippen LogP contribution in [0, 0.1) is 18.8 Å². The second-order valence-electron chi connectivity index (χ2n) is 4.58. The van der Waals surface area contributed by atoms with Crippen LogP contribution in [-0.2, 0) is 12.8 Å². The first kappa shape index (κ1) is 8.80. The smallest absolute Gasteiger partial charge is 0.0245 e. The topological polar surface area (TPSA) is 0 Å². The molecule has 0 saturated heterocycles. The first-order valence-electron chi connectivity index (χ1n) is 5.26. The Bertz CT molecular complexity index is 312. The lowest BCUT2D eigenvalue weighted by Gasteiger charge is -2.29. The Hall–Kier alpha value is -0.780. The molecule has 70 valence electrons. The second-order valence-corrected chi connectivity index (χ2v) is 4.58. The summed E-state index contributed by atoms with van der Waals surface area (Å²) < 4.78 is 0. The van der Waals surface area contributed by atoms with Gasteiger partial charge in [0, 0.05) is 0 Å². The molecule has 0 nitrogen and oxygen atoms in total. The molecule has 0 N–H and O–H groups in total. The lowest BCUT2D eigenvalue weighted by Crippen LogP contribution is -2.21. The van der Waals surface area contributed by atoms with Crippen LogP contribution < -0.4 is 0 Å². The van der Waals surface area contributed by atoms with Crippen LogP contribution in [0.4, 0.5) is 0 Å². The number of rotatable bonds is 0. The van der Waals surface area contributed by atoms with E-state index in [2.05, 4.69) is 39.0 Å². The van der Waals surface area contributed by atoms with Gasteiger partial charge in [0.1, 0.15) is 0 Å². The monoisotopic (exact) mass is 174 g/mol. The Labute approximate surface area is 81.0 Å². The van der Waals surface area contributed by atoms with Gasteiger partial charge in [0.25, 0.3) is 0 Å². The van der Waals surface area contributed by atoms with E-state index in [4.69, 9.17) is 0 Å². The van der Waals surface area contributed by atoms with Gasteiger partial charge < -0.3 is 0 Å². The highest BCUT2D eigenvalue weighted by atomic mass is 14.3. The Balaban J connectivity index is 2.42. The van der Waals surface area contributed by atoms with E-state index in [-0.39, 0.29) is 0 Å². The van der Waals surface area contributed by atoms with E-state index in [0.717, 1.165) is 11.8 Å². The Kier molecular flexibility index (Phi) is 2.15. The van der Waals surface area contributed by atoms with Crippen LogP contribution in [0.3, 0.4) is 0 Å². The van der Waals surface area contributed by atoms with Gasteiger partial charge in [-0.3, -0.25) is 0 Å². The summed E-state index contributed by atoms with van der Waals surface area (Å²) in [5.41, 5.74) is 4.69. The molecule has 0 amide bonds. The van der Waals surface area contributed by atoms with Crippen LogP contribution in [-0.4, -0.2) is 0 Å². The van der Waals surface area contributed by atoms with E-state index in [1.807, 2.05) is 0 Å². The summed E-state index contributed by atoms with van der Waals surface area (Å²) in [5.74, 6) is 1.71. The van der Waals surface area contributed by atoms with Gasteiger partial charge in [-0.05, 0) is 48.3 Å². The van der Waals surface area contributed by atoms with E-state index >= 15 is 0 Å². The maximum atomic E-state index is 2.38. The van der Waals surface area contributed by atoms with Gasteiger partial charge >= 0.3 is 0 Å². The number of hydrogen-bond donors (Lipinski definition) is 0. The molecular formula is C13H18. The van der Waals surface area contributed by atoms with Crippen molar-refractivity contribution in [2.24, 2.45) is 11.8 Å². The summed E-state index contributed by atoms with van der Waals surface area (Å²) in [6.45, 7) is 6.98. The fraction of sp³-hybridized carbons (Fsp3) is 0.538. The summed E-state index contributed by atoms with van der Waals surface area (Å²) in [5, 5.41) is 0. The third kappa shape index (κ3) is 1.50. The van der Waals surface area contributed by atoms with Gasteiger partial charge in [-0.1, -0.05) is 32.0 Å². The molecule has 2 atom stereocenters. The molecule has 1 aromatic carbocycles. The van der Waals surface area contributed by atoms with Crippen molar-refractivity contribution in [3.63, 3.8) is 0 Å². The number of fused-ring (bicyclic) bond motifs is 1. The van der Waals surface area contributed by atoms with Gasteiger partial charge in [-0.15, -0.1) is 0 Å². The van der Waals surface area contributed by atoms with E-state index in [0.29, 0.717) is 0 Å². The van der Waals surface area contributed by atoms with E-state index in [9.17, 15) is 0 Å². The third-order valence-electron chi connectivity index (χ3n) is 3.55. The molecular weight excluding hydrogens is 156 g/mol. The fourth-order valence-electron chi connectivity index (χ4n) is 2.32. The van der Waals surface area contributed by atoms with E-state index < -0.39 is 0 Å². The molecule has 2 rings (SSSR count). The molecule has 0 saturated carbocycles. The predicted molar refractivity (Wildman–Crippen MR) is 56.9 cm³/mol. The van der Waals surface area contributed by atoms with Crippen molar-refractivity contribution in [2.45, 2.75) is 33.6 Å². The van der Waals surface area contributed by atoms with Crippen molar-refractivity contribution in [1.29, 1.82) is 0 Å². The standard InChI is InChI=1S/C13H18/c1-9-5-4-6-12-7-10(2)11(3)8-13(9)12/h4-6,10-11H,7-8H2,1-3H3/t10?,11-/m1/s1. The quantitative estimate of drug-likeness (QED) is 0.565. The van der Waals surface area contributed by atoms with Crippen molar-refractivity contribution in [2.75, 3.05) is 0 Å². The second kappa shape index (κ2) is 3.17. The van der Waals surface area contributed by atoms with E-state index in [1.165, 1.54) is 18.4 Å². The van der Waals surface area contributed by atoms with Crippen molar-refractivity contribution in [1.82, 2.24) is 0 Å². The molecule has 0 aliphatic heterocycles. The maximum Gasteiger partial charge on any atom is -0.0245 e. The molecule has 0 heterocycles. The van der Waals surface area contributed by atoms with Crippen molar-refractivity contribution < 1.29 is 0 Å².